The van der Waals surface area contributed by atoms with Crippen LogP contribution in [0.3, 0.4) is 0 Å². The van der Waals surface area contributed by atoms with Crippen molar-refractivity contribution in [2.75, 3.05) is 13.1 Å². The maximum absolute atomic E-state index is 12.6. The standard InChI is InChI=1S/C24H34N2O4S/c1-17-9-13-22(31-17)21(28)12-10-20(27)11-14-23(29)26-15-5-6-18(16-26)24(30)25-19-7-3-2-4-8-19/h9,13,18-19H,2-8,10-12,14-16H2,1H3,(H,25,30). The molecule has 1 aromatic heterocycles. The number of nitrogens with zero attached hydrogens (tertiary/aromatic N) is 1. The predicted octanol–water partition coefficient (Wildman–Crippen LogP) is 4.06. The van der Waals surface area contributed by atoms with Gasteiger partial charge in [0.15, 0.2) is 5.78 Å². The number of rotatable bonds is 9. The second kappa shape index (κ2) is 11.6. The van der Waals surface area contributed by atoms with Gasteiger partial charge in [0.25, 0.3) is 0 Å². The number of hydrogen-bond donors (Lipinski definition) is 1. The van der Waals surface area contributed by atoms with Crippen molar-refractivity contribution in [3.05, 3.63) is 21.9 Å². The zero-order valence-electron chi connectivity index (χ0n) is 18.5. The zero-order valence-corrected chi connectivity index (χ0v) is 19.3. The topological polar surface area (TPSA) is 83.6 Å². The fourth-order valence-corrected chi connectivity index (χ4v) is 5.31. The van der Waals surface area contributed by atoms with Gasteiger partial charge in [-0.15, -0.1) is 11.3 Å². The Balaban J connectivity index is 1.37. The summed E-state index contributed by atoms with van der Waals surface area (Å²) in [6.07, 6.45) is 8.01. The summed E-state index contributed by atoms with van der Waals surface area (Å²) in [4.78, 5) is 53.1. The molecule has 1 saturated heterocycles. The molecule has 2 fully saturated rings. The molecule has 1 unspecified atom stereocenters. The Morgan fingerprint density at radius 2 is 1.71 bits per heavy atom. The highest BCUT2D eigenvalue weighted by Crippen LogP contribution is 2.22. The van der Waals surface area contributed by atoms with E-state index >= 15 is 0 Å². The van der Waals surface area contributed by atoms with Gasteiger partial charge in [-0.2, -0.15) is 0 Å². The van der Waals surface area contributed by atoms with Crippen LogP contribution in [0.25, 0.3) is 0 Å². The number of carbonyl (C=O) groups is 4. The van der Waals surface area contributed by atoms with E-state index in [0.29, 0.717) is 18.0 Å². The van der Waals surface area contributed by atoms with Crippen molar-refractivity contribution in [3.63, 3.8) is 0 Å². The first-order valence-electron chi connectivity index (χ1n) is 11.6. The quantitative estimate of drug-likeness (QED) is 0.580. The Labute approximate surface area is 188 Å². The number of aryl methyl sites for hydroxylation is 1. The monoisotopic (exact) mass is 446 g/mol. The summed E-state index contributed by atoms with van der Waals surface area (Å²) in [7, 11) is 0. The molecule has 7 heteroatoms. The number of Topliss-reactive ketones (excluding diaryl/α,β-unsaturated/α-hetero) is 2. The van der Waals surface area contributed by atoms with Gasteiger partial charge in [-0.05, 0) is 44.7 Å². The van der Waals surface area contributed by atoms with Crippen molar-refractivity contribution in [3.8, 4) is 0 Å². The second-order valence-electron chi connectivity index (χ2n) is 8.89. The van der Waals surface area contributed by atoms with Gasteiger partial charge in [0.05, 0.1) is 10.8 Å². The van der Waals surface area contributed by atoms with E-state index in [9.17, 15) is 19.2 Å². The minimum Gasteiger partial charge on any atom is -0.353 e. The van der Waals surface area contributed by atoms with Crippen molar-refractivity contribution in [2.24, 2.45) is 5.92 Å². The Morgan fingerprint density at radius 3 is 2.42 bits per heavy atom. The third kappa shape index (κ3) is 7.27. The van der Waals surface area contributed by atoms with Crippen LogP contribution in [0.15, 0.2) is 12.1 Å². The maximum Gasteiger partial charge on any atom is 0.225 e. The normalized spacial score (nSPS) is 19.8. The molecule has 1 saturated carbocycles. The van der Waals surface area contributed by atoms with Crippen LogP contribution >= 0.6 is 11.3 Å². The molecule has 3 rings (SSSR count). The first-order chi connectivity index (χ1) is 14.9. The van der Waals surface area contributed by atoms with E-state index in [0.717, 1.165) is 30.6 Å². The number of ketones is 2. The highest BCUT2D eigenvalue weighted by atomic mass is 32.1. The lowest BCUT2D eigenvalue weighted by atomic mass is 9.93. The van der Waals surface area contributed by atoms with Crippen molar-refractivity contribution in [1.29, 1.82) is 0 Å². The molecule has 0 aromatic carbocycles. The lowest BCUT2D eigenvalue weighted by molar-refractivity contribution is -0.137. The minimum absolute atomic E-state index is 0.0133. The van der Waals surface area contributed by atoms with E-state index in [1.165, 1.54) is 30.6 Å². The third-order valence-corrected chi connectivity index (χ3v) is 7.40. The van der Waals surface area contributed by atoms with Crippen LogP contribution in [0.5, 0.6) is 0 Å². The van der Waals surface area contributed by atoms with Crippen LogP contribution in [0, 0.1) is 12.8 Å². The molecule has 6 nitrogen and oxygen atoms in total. The smallest absolute Gasteiger partial charge is 0.225 e. The largest absolute Gasteiger partial charge is 0.353 e. The van der Waals surface area contributed by atoms with Crippen molar-refractivity contribution >= 4 is 34.7 Å². The van der Waals surface area contributed by atoms with Crippen LogP contribution in [0.4, 0.5) is 0 Å². The van der Waals surface area contributed by atoms with Crippen LogP contribution in [-0.4, -0.2) is 47.4 Å². The van der Waals surface area contributed by atoms with Crippen LogP contribution in [-0.2, 0) is 14.4 Å². The number of piperidine rings is 1. The van der Waals surface area contributed by atoms with E-state index in [1.54, 1.807) is 11.0 Å². The number of likely N-dealkylation sites (tertiary alicyclic amines) is 1. The Morgan fingerprint density at radius 1 is 0.968 bits per heavy atom. The Bertz CT molecular complexity index is 797. The molecule has 0 bridgehead atoms. The molecular weight excluding hydrogens is 412 g/mol. The first kappa shape index (κ1) is 23.6. The molecule has 2 heterocycles. The number of nitrogens with one attached hydrogen (secondary N) is 1. The van der Waals surface area contributed by atoms with Crippen LogP contribution in [0.1, 0.15) is 85.2 Å². The van der Waals surface area contributed by atoms with Crippen molar-refractivity contribution < 1.29 is 19.2 Å². The molecule has 1 aromatic rings. The van der Waals surface area contributed by atoms with Gasteiger partial charge in [-0.3, -0.25) is 19.2 Å². The Hall–Kier alpha value is -2.02. The summed E-state index contributed by atoms with van der Waals surface area (Å²) < 4.78 is 0. The fraction of sp³-hybridized carbons (Fsp3) is 0.667. The minimum atomic E-state index is -0.151. The maximum atomic E-state index is 12.6. The predicted molar refractivity (Wildman–Crippen MR) is 121 cm³/mol. The molecule has 2 amide bonds. The summed E-state index contributed by atoms with van der Waals surface area (Å²) in [6, 6.07) is 3.98. The van der Waals surface area contributed by atoms with Gasteiger partial charge in [-0.1, -0.05) is 19.3 Å². The first-order valence-corrected chi connectivity index (χ1v) is 12.4. The van der Waals surface area contributed by atoms with Gasteiger partial charge in [-0.25, -0.2) is 0 Å². The molecule has 0 radical (unpaired) electrons. The highest BCUT2D eigenvalue weighted by molar-refractivity contribution is 7.14. The van der Waals surface area contributed by atoms with Gasteiger partial charge in [0.2, 0.25) is 11.8 Å². The molecule has 0 spiro atoms. The Kier molecular flexibility index (Phi) is 8.81. The van der Waals surface area contributed by atoms with Gasteiger partial charge in [0, 0.05) is 49.7 Å². The third-order valence-electron chi connectivity index (χ3n) is 6.36. The van der Waals surface area contributed by atoms with E-state index in [4.69, 9.17) is 0 Å². The molecule has 1 N–H and O–H groups in total. The van der Waals surface area contributed by atoms with E-state index < -0.39 is 0 Å². The fourth-order valence-electron chi connectivity index (χ4n) is 4.47. The van der Waals surface area contributed by atoms with Gasteiger partial charge in [0.1, 0.15) is 5.78 Å². The summed E-state index contributed by atoms with van der Waals surface area (Å²) in [5.74, 6) is -0.215. The highest BCUT2D eigenvalue weighted by Gasteiger charge is 2.29. The van der Waals surface area contributed by atoms with Crippen LogP contribution < -0.4 is 5.32 Å². The summed E-state index contributed by atoms with van der Waals surface area (Å²) in [5.41, 5.74) is 0. The van der Waals surface area contributed by atoms with Gasteiger partial charge < -0.3 is 10.2 Å². The summed E-state index contributed by atoms with van der Waals surface area (Å²) in [6.45, 7) is 3.04. The summed E-state index contributed by atoms with van der Waals surface area (Å²) in [5, 5.41) is 3.18. The molecule has 31 heavy (non-hydrogen) atoms. The molecule has 2 aliphatic rings. The molecule has 1 aliphatic heterocycles. The summed E-state index contributed by atoms with van der Waals surface area (Å²) >= 11 is 1.44. The lowest BCUT2D eigenvalue weighted by Crippen LogP contribution is -2.48. The SMILES string of the molecule is Cc1ccc(C(=O)CCC(=O)CCC(=O)N2CCCC(C(=O)NC3CCCCC3)C2)s1. The number of amides is 2. The number of thiophene rings is 1. The van der Waals surface area contributed by atoms with E-state index in [2.05, 4.69) is 5.32 Å². The van der Waals surface area contributed by atoms with Crippen molar-refractivity contribution in [2.45, 2.75) is 83.6 Å². The van der Waals surface area contributed by atoms with Crippen molar-refractivity contribution in [1.82, 2.24) is 10.2 Å². The number of carbonyl (C=O) groups excluding carboxylic acids is 4. The van der Waals surface area contributed by atoms with Crippen LogP contribution in [0.2, 0.25) is 0 Å². The number of hydrogen-bond acceptors (Lipinski definition) is 5. The van der Waals surface area contributed by atoms with E-state index in [-0.39, 0.29) is 61.0 Å². The zero-order chi connectivity index (χ0) is 22.2. The van der Waals surface area contributed by atoms with E-state index in [1.807, 2.05) is 13.0 Å². The lowest BCUT2D eigenvalue weighted by Gasteiger charge is -2.33. The second-order valence-corrected chi connectivity index (χ2v) is 10.2. The molecule has 1 atom stereocenters. The van der Waals surface area contributed by atoms with Gasteiger partial charge >= 0.3 is 0 Å². The molecular formula is C24H34N2O4S. The average molecular weight is 447 g/mol. The molecule has 170 valence electrons. The average Bonchev–Trinajstić information content (AvgIpc) is 3.23. The molecule has 1 aliphatic carbocycles.